The molecule has 2 fully saturated rings. The van der Waals surface area contributed by atoms with Crippen LogP contribution in [-0.2, 0) is 14.3 Å². The van der Waals surface area contributed by atoms with Crippen LogP contribution in [0.5, 0.6) is 0 Å². The molecule has 0 radical (unpaired) electrons. The second kappa shape index (κ2) is 8.45. The summed E-state index contributed by atoms with van der Waals surface area (Å²) < 4.78 is 5.16. The molecule has 7 heteroatoms. The van der Waals surface area contributed by atoms with Crippen LogP contribution in [0.15, 0.2) is 0 Å². The molecule has 0 aromatic heterocycles. The van der Waals surface area contributed by atoms with Gasteiger partial charge < -0.3 is 20.3 Å². The van der Waals surface area contributed by atoms with Gasteiger partial charge in [0.2, 0.25) is 11.8 Å². The molecule has 2 heterocycles. The third-order valence-corrected chi connectivity index (χ3v) is 4.54. The molecule has 7 nitrogen and oxygen atoms in total. The minimum atomic E-state index is -0.206. The van der Waals surface area contributed by atoms with Crippen LogP contribution in [0.1, 0.15) is 19.3 Å². The van der Waals surface area contributed by atoms with Gasteiger partial charge in [-0.15, -0.1) is 0 Å². The van der Waals surface area contributed by atoms with E-state index in [9.17, 15) is 9.59 Å². The molecular formula is C15H28N4O3. The molecule has 126 valence electrons. The van der Waals surface area contributed by atoms with Gasteiger partial charge in [-0.3, -0.25) is 14.5 Å². The van der Waals surface area contributed by atoms with Gasteiger partial charge in [0.15, 0.2) is 0 Å². The van der Waals surface area contributed by atoms with Crippen molar-refractivity contribution in [3.63, 3.8) is 0 Å². The van der Waals surface area contributed by atoms with Gasteiger partial charge in [-0.1, -0.05) is 0 Å². The summed E-state index contributed by atoms with van der Waals surface area (Å²) in [4.78, 5) is 30.2. The van der Waals surface area contributed by atoms with Gasteiger partial charge in [0.25, 0.3) is 0 Å². The minimum Gasteiger partial charge on any atom is -0.380 e. The maximum absolute atomic E-state index is 12.2. The van der Waals surface area contributed by atoms with Crippen molar-refractivity contribution >= 4 is 11.8 Å². The fourth-order valence-corrected chi connectivity index (χ4v) is 3.00. The van der Waals surface area contributed by atoms with E-state index >= 15 is 0 Å². The lowest BCUT2D eigenvalue weighted by atomic mass is 10.2. The first-order valence-electron chi connectivity index (χ1n) is 8.14. The lowest BCUT2D eigenvalue weighted by molar-refractivity contribution is -0.136. The molecular weight excluding hydrogens is 284 g/mol. The number of hydrogen-bond donors (Lipinski definition) is 1. The quantitative estimate of drug-likeness (QED) is 0.689. The van der Waals surface area contributed by atoms with Gasteiger partial charge in [-0.2, -0.15) is 0 Å². The van der Waals surface area contributed by atoms with E-state index in [1.165, 1.54) is 0 Å². The molecule has 2 aliphatic rings. The first-order chi connectivity index (χ1) is 10.6. The van der Waals surface area contributed by atoms with Gasteiger partial charge in [-0.05, 0) is 12.8 Å². The Hall–Kier alpha value is -1.18. The number of ether oxygens (including phenoxy) is 1. The highest BCUT2D eigenvalue weighted by Gasteiger charge is 2.26. The van der Waals surface area contributed by atoms with E-state index in [4.69, 9.17) is 10.5 Å². The molecule has 2 aliphatic heterocycles. The molecule has 2 rings (SSSR count). The molecule has 1 unspecified atom stereocenters. The summed E-state index contributed by atoms with van der Waals surface area (Å²) in [5.41, 5.74) is 5.55. The van der Waals surface area contributed by atoms with Crippen LogP contribution < -0.4 is 5.73 Å². The standard InChI is InChI=1S/C15H28N4O3/c1-22-13(11-16)10-14(20)19-8-6-17(7-9-19)12-15(21)18-4-2-3-5-18/h13H,2-12,16H2,1H3. The Morgan fingerprint density at radius 3 is 2.14 bits per heavy atom. The Morgan fingerprint density at radius 1 is 1.00 bits per heavy atom. The van der Waals surface area contributed by atoms with Gasteiger partial charge in [-0.25, -0.2) is 0 Å². The molecule has 0 bridgehead atoms. The monoisotopic (exact) mass is 312 g/mol. The van der Waals surface area contributed by atoms with Crippen molar-refractivity contribution in [1.82, 2.24) is 14.7 Å². The second-order valence-corrected chi connectivity index (χ2v) is 6.04. The minimum absolute atomic E-state index is 0.0859. The highest BCUT2D eigenvalue weighted by molar-refractivity contribution is 5.79. The van der Waals surface area contributed by atoms with Gasteiger partial charge >= 0.3 is 0 Å². The van der Waals surface area contributed by atoms with Crippen LogP contribution in [0, 0.1) is 0 Å². The number of carbonyl (C=O) groups is 2. The summed E-state index contributed by atoms with van der Waals surface area (Å²) in [5, 5.41) is 0. The molecule has 2 N–H and O–H groups in total. The molecule has 22 heavy (non-hydrogen) atoms. The zero-order chi connectivity index (χ0) is 15.9. The van der Waals surface area contributed by atoms with Crippen molar-refractivity contribution in [2.24, 2.45) is 5.73 Å². The van der Waals surface area contributed by atoms with Crippen LogP contribution in [0.4, 0.5) is 0 Å². The molecule has 1 atom stereocenters. The number of methoxy groups -OCH3 is 1. The number of hydrogen-bond acceptors (Lipinski definition) is 5. The predicted molar refractivity (Wildman–Crippen MR) is 83.3 cm³/mol. The zero-order valence-corrected chi connectivity index (χ0v) is 13.5. The Kier molecular flexibility index (Phi) is 6.60. The Balaban J connectivity index is 1.70. The topological polar surface area (TPSA) is 79.1 Å². The maximum atomic E-state index is 12.2. The lowest BCUT2D eigenvalue weighted by Crippen LogP contribution is -2.52. The first-order valence-corrected chi connectivity index (χ1v) is 8.14. The smallest absolute Gasteiger partial charge is 0.236 e. The molecule has 0 aromatic rings. The number of rotatable bonds is 6. The fraction of sp³-hybridized carbons (Fsp3) is 0.867. The average Bonchev–Trinajstić information content (AvgIpc) is 3.07. The zero-order valence-electron chi connectivity index (χ0n) is 13.5. The Labute approximate surface area is 132 Å². The largest absolute Gasteiger partial charge is 0.380 e. The molecule has 0 spiro atoms. The van der Waals surface area contributed by atoms with Gasteiger partial charge in [0.1, 0.15) is 0 Å². The summed E-state index contributed by atoms with van der Waals surface area (Å²) in [5.74, 6) is 0.308. The third-order valence-electron chi connectivity index (χ3n) is 4.54. The van der Waals surface area contributed by atoms with Crippen LogP contribution in [0.25, 0.3) is 0 Å². The van der Waals surface area contributed by atoms with Crippen molar-refractivity contribution in [3.8, 4) is 0 Å². The van der Waals surface area contributed by atoms with E-state index in [0.717, 1.165) is 39.0 Å². The Bertz CT molecular complexity index is 373. The van der Waals surface area contributed by atoms with Crippen molar-refractivity contribution in [2.75, 3.05) is 59.5 Å². The van der Waals surface area contributed by atoms with E-state index in [0.29, 0.717) is 32.6 Å². The number of likely N-dealkylation sites (tertiary alicyclic amines) is 1. The van der Waals surface area contributed by atoms with Crippen molar-refractivity contribution < 1.29 is 14.3 Å². The SMILES string of the molecule is COC(CN)CC(=O)N1CCN(CC(=O)N2CCCC2)CC1. The van der Waals surface area contributed by atoms with Crippen LogP contribution >= 0.6 is 0 Å². The van der Waals surface area contributed by atoms with Crippen molar-refractivity contribution in [2.45, 2.75) is 25.4 Å². The highest BCUT2D eigenvalue weighted by Crippen LogP contribution is 2.10. The van der Waals surface area contributed by atoms with Crippen LogP contribution in [0.3, 0.4) is 0 Å². The fourth-order valence-electron chi connectivity index (χ4n) is 3.00. The van der Waals surface area contributed by atoms with E-state index in [-0.39, 0.29) is 17.9 Å². The Morgan fingerprint density at radius 2 is 1.59 bits per heavy atom. The van der Waals surface area contributed by atoms with E-state index < -0.39 is 0 Å². The number of nitrogens with two attached hydrogens (primary N) is 1. The molecule has 0 saturated carbocycles. The van der Waals surface area contributed by atoms with E-state index in [1.807, 2.05) is 9.80 Å². The summed E-state index contributed by atoms with van der Waals surface area (Å²) in [7, 11) is 1.58. The summed E-state index contributed by atoms with van der Waals surface area (Å²) in [6.45, 7) is 5.49. The predicted octanol–water partition coefficient (Wildman–Crippen LogP) is -0.883. The van der Waals surface area contributed by atoms with Gasteiger partial charge in [0.05, 0.1) is 19.1 Å². The van der Waals surface area contributed by atoms with E-state index in [1.54, 1.807) is 7.11 Å². The summed E-state index contributed by atoms with van der Waals surface area (Å²) in [6, 6.07) is 0. The molecule has 0 aromatic carbocycles. The number of piperazine rings is 1. The second-order valence-electron chi connectivity index (χ2n) is 6.04. The van der Waals surface area contributed by atoms with Crippen LogP contribution in [0.2, 0.25) is 0 Å². The summed E-state index contributed by atoms with van der Waals surface area (Å²) in [6.07, 6.45) is 2.37. The normalized spacial score (nSPS) is 21.2. The number of amides is 2. The van der Waals surface area contributed by atoms with Gasteiger partial charge in [0, 0.05) is 52.9 Å². The number of carbonyl (C=O) groups excluding carboxylic acids is 2. The number of nitrogens with zero attached hydrogens (tertiary/aromatic N) is 3. The lowest BCUT2D eigenvalue weighted by Gasteiger charge is -2.35. The maximum Gasteiger partial charge on any atom is 0.236 e. The van der Waals surface area contributed by atoms with Crippen molar-refractivity contribution in [3.05, 3.63) is 0 Å². The van der Waals surface area contributed by atoms with Crippen molar-refractivity contribution in [1.29, 1.82) is 0 Å². The molecule has 2 amide bonds. The van der Waals surface area contributed by atoms with Crippen LogP contribution in [-0.4, -0.2) is 92.1 Å². The molecule has 2 saturated heterocycles. The molecule has 0 aliphatic carbocycles. The highest BCUT2D eigenvalue weighted by atomic mass is 16.5. The van der Waals surface area contributed by atoms with E-state index in [2.05, 4.69) is 4.90 Å². The summed E-state index contributed by atoms with van der Waals surface area (Å²) >= 11 is 0. The first kappa shape index (κ1) is 17.2. The average molecular weight is 312 g/mol. The third kappa shape index (κ3) is 4.66.